The summed E-state index contributed by atoms with van der Waals surface area (Å²) >= 11 is 0. The summed E-state index contributed by atoms with van der Waals surface area (Å²) in [4.78, 5) is 14.1. The normalized spacial score (nSPS) is 15.1. The zero-order valence-electron chi connectivity index (χ0n) is 18.4. The van der Waals surface area contributed by atoms with E-state index in [0.29, 0.717) is 17.2 Å². The predicted molar refractivity (Wildman–Crippen MR) is 126 cm³/mol. The number of nitrogen functional groups attached to an aromatic ring is 1. The summed E-state index contributed by atoms with van der Waals surface area (Å²) in [6.45, 7) is 7.82. The monoisotopic (exact) mass is 443 g/mol. The second-order valence-corrected chi connectivity index (χ2v) is 8.39. The number of furan rings is 1. The first kappa shape index (κ1) is 19.7. The van der Waals surface area contributed by atoms with Gasteiger partial charge in [0.1, 0.15) is 0 Å². The Labute approximate surface area is 190 Å². The molecule has 0 saturated carbocycles. The molecule has 10 nitrogen and oxygen atoms in total. The van der Waals surface area contributed by atoms with E-state index in [2.05, 4.69) is 61.2 Å². The third kappa shape index (κ3) is 3.58. The Bertz CT molecular complexity index is 1390. The molecule has 10 heteroatoms. The van der Waals surface area contributed by atoms with Crippen LogP contribution in [0.1, 0.15) is 5.56 Å². The maximum Gasteiger partial charge on any atom is 0.225 e. The van der Waals surface area contributed by atoms with Gasteiger partial charge >= 0.3 is 0 Å². The van der Waals surface area contributed by atoms with Crippen molar-refractivity contribution < 1.29 is 4.42 Å². The lowest BCUT2D eigenvalue weighted by atomic mass is 10.2. The first-order valence-electron chi connectivity index (χ1n) is 11.1. The topological polar surface area (TPSA) is 107 Å². The molecule has 33 heavy (non-hydrogen) atoms. The van der Waals surface area contributed by atoms with E-state index in [9.17, 15) is 0 Å². The largest absolute Gasteiger partial charge is 0.461 e. The summed E-state index contributed by atoms with van der Waals surface area (Å²) in [6, 6.07) is 12.4. The van der Waals surface area contributed by atoms with Gasteiger partial charge in [0, 0.05) is 38.4 Å². The van der Waals surface area contributed by atoms with Gasteiger partial charge in [-0.2, -0.15) is 14.6 Å². The number of aryl methyl sites for hydroxylation is 1. The number of rotatable bonds is 5. The number of anilines is 2. The van der Waals surface area contributed by atoms with Gasteiger partial charge in [0.15, 0.2) is 17.1 Å². The highest BCUT2D eigenvalue weighted by molar-refractivity contribution is 5.90. The van der Waals surface area contributed by atoms with Crippen molar-refractivity contribution in [1.82, 2.24) is 34.3 Å². The summed E-state index contributed by atoms with van der Waals surface area (Å²) in [5.74, 6) is 1.33. The van der Waals surface area contributed by atoms with E-state index >= 15 is 0 Å². The zero-order chi connectivity index (χ0) is 22.4. The summed E-state index contributed by atoms with van der Waals surface area (Å²) in [5.41, 5.74) is 10.1. The molecule has 5 heterocycles. The van der Waals surface area contributed by atoms with Gasteiger partial charge in [-0.3, -0.25) is 4.90 Å². The highest BCUT2D eigenvalue weighted by Gasteiger charge is 2.20. The smallest absolute Gasteiger partial charge is 0.225 e. The second-order valence-electron chi connectivity index (χ2n) is 8.39. The van der Waals surface area contributed by atoms with Crippen LogP contribution in [0.15, 0.2) is 53.3 Å². The molecule has 0 unspecified atom stereocenters. The number of hydrogen-bond donors (Lipinski definition) is 1. The summed E-state index contributed by atoms with van der Waals surface area (Å²) in [6.07, 6.45) is 3.38. The van der Waals surface area contributed by atoms with Gasteiger partial charge in [0.05, 0.1) is 24.4 Å². The number of nitrogens with two attached hydrogens (primary N) is 1. The molecule has 0 atom stereocenters. The molecule has 0 aliphatic carbocycles. The average Bonchev–Trinajstić information content (AvgIpc) is 3.58. The van der Waals surface area contributed by atoms with E-state index in [1.807, 2.05) is 10.7 Å². The zero-order valence-corrected chi connectivity index (χ0v) is 18.4. The molecule has 1 aromatic carbocycles. The molecule has 1 aliphatic rings. The molecule has 1 saturated heterocycles. The lowest BCUT2D eigenvalue weighted by Gasteiger charge is -2.36. The van der Waals surface area contributed by atoms with Gasteiger partial charge in [-0.05, 0) is 31.2 Å². The van der Waals surface area contributed by atoms with Crippen LogP contribution < -0.4 is 10.6 Å². The average molecular weight is 444 g/mol. The van der Waals surface area contributed by atoms with Crippen LogP contribution in [-0.2, 0) is 6.54 Å². The fourth-order valence-corrected chi connectivity index (χ4v) is 4.35. The minimum absolute atomic E-state index is 0.274. The third-order valence-corrected chi connectivity index (χ3v) is 6.24. The first-order valence-corrected chi connectivity index (χ1v) is 11.1. The van der Waals surface area contributed by atoms with Crippen LogP contribution in [0, 0.1) is 6.92 Å². The Balaban J connectivity index is 1.17. The SMILES string of the molecule is Cc1ccc(N2CCN(CCn3ncc4c3nc(N)n3nc(-c5ccco5)nc43)CC2)cc1. The van der Waals surface area contributed by atoms with Gasteiger partial charge in [-0.25, -0.2) is 9.67 Å². The Morgan fingerprint density at radius 3 is 2.55 bits per heavy atom. The molecular weight excluding hydrogens is 418 g/mol. The molecule has 6 rings (SSSR count). The molecule has 2 N–H and O–H groups in total. The fraction of sp³-hybridized carbons (Fsp3) is 0.304. The van der Waals surface area contributed by atoms with Gasteiger partial charge in [-0.15, -0.1) is 5.10 Å². The van der Waals surface area contributed by atoms with Gasteiger partial charge in [0.2, 0.25) is 11.8 Å². The van der Waals surface area contributed by atoms with Gasteiger partial charge < -0.3 is 15.1 Å². The molecule has 0 radical (unpaired) electrons. The number of fused-ring (bicyclic) bond motifs is 3. The van der Waals surface area contributed by atoms with E-state index in [4.69, 9.17) is 10.2 Å². The molecule has 0 spiro atoms. The minimum atomic E-state index is 0.274. The summed E-state index contributed by atoms with van der Waals surface area (Å²) in [7, 11) is 0. The van der Waals surface area contributed by atoms with E-state index < -0.39 is 0 Å². The highest BCUT2D eigenvalue weighted by Crippen LogP contribution is 2.23. The van der Waals surface area contributed by atoms with Crippen LogP contribution >= 0.6 is 0 Å². The van der Waals surface area contributed by atoms with Crippen molar-refractivity contribution in [2.75, 3.05) is 43.4 Å². The first-order chi connectivity index (χ1) is 16.2. The molecule has 168 valence electrons. The molecule has 5 aromatic rings. The van der Waals surface area contributed by atoms with E-state index in [1.54, 1.807) is 18.5 Å². The number of piperazine rings is 1. The highest BCUT2D eigenvalue weighted by atomic mass is 16.3. The number of aromatic nitrogens is 6. The van der Waals surface area contributed by atoms with Crippen molar-refractivity contribution in [3.8, 4) is 11.6 Å². The third-order valence-electron chi connectivity index (χ3n) is 6.24. The van der Waals surface area contributed by atoms with Crippen molar-refractivity contribution in [2.45, 2.75) is 13.5 Å². The van der Waals surface area contributed by atoms with Crippen molar-refractivity contribution in [2.24, 2.45) is 0 Å². The molecule has 4 aromatic heterocycles. The fourth-order valence-electron chi connectivity index (χ4n) is 4.35. The van der Waals surface area contributed by atoms with Crippen LogP contribution in [-0.4, -0.2) is 67.0 Å². The quantitative estimate of drug-likeness (QED) is 0.441. The van der Waals surface area contributed by atoms with Crippen LogP contribution in [0.5, 0.6) is 0 Å². The van der Waals surface area contributed by atoms with Crippen LogP contribution in [0.3, 0.4) is 0 Å². The van der Waals surface area contributed by atoms with Crippen LogP contribution in [0.2, 0.25) is 0 Å². The van der Waals surface area contributed by atoms with E-state index in [1.165, 1.54) is 15.8 Å². The van der Waals surface area contributed by atoms with Crippen molar-refractivity contribution >= 4 is 28.3 Å². The van der Waals surface area contributed by atoms with Gasteiger partial charge in [-0.1, -0.05) is 17.7 Å². The summed E-state index contributed by atoms with van der Waals surface area (Å²) < 4.78 is 8.86. The van der Waals surface area contributed by atoms with Crippen LogP contribution in [0.4, 0.5) is 11.6 Å². The van der Waals surface area contributed by atoms with E-state index in [0.717, 1.165) is 50.3 Å². The standard InChI is InChI=1S/C23H25N9O/c1-16-4-6-17(7-5-16)30-11-8-29(9-12-30)10-13-31-21-18(15-25-31)22-26-20(19-3-2-14-33-19)28-32(22)23(24)27-21/h2-7,14-15H,8-13H2,1H3,(H2,24,27). The van der Waals surface area contributed by atoms with Crippen molar-refractivity contribution in [3.05, 3.63) is 54.4 Å². The minimum Gasteiger partial charge on any atom is -0.461 e. The Morgan fingerprint density at radius 2 is 1.79 bits per heavy atom. The Kier molecular flexibility index (Phi) is 4.72. The summed E-state index contributed by atoms with van der Waals surface area (Å²) in [5, 5.41) is 9.83. The van der Waals surface area contributed by atoms with E-state index in [-0.39, 0.29) is 5.95 Å². The Hall–Kier alpha value is -3.92. The maximum absolute atomic E-state index is 6.20. The molecule has 0 amide bonds. The van der Waals surface area contributed by atoms with Gasteiger partial charge in [0.25, 0.3) is 0 Å². The lowest BCUT2D eigenvalue weighted by molar-refractivity contribution is 0.245. The molecular formula is C23H25N9O. The number of nitrogens with zero attached hydrogens (tertiary/aromatic N) is 8. The molecule has 1 aliphatic heterocycles. The number of hydrogen-bond acceptors (Lipinski definition) is 8. The van der Waals surface area contributed by atoms with Crippen molar-refractivity contribution in [1.29, 1.82) is 0 Å². The number of benzene rings is 1. The van der Waals surface area contributed by atoms with Crippen molar-refractivity contribution in [3.63, 3.8) is 0 Å². The second kappa shape index (κ2) is 7.89. The van der Waals surface area contributed by atoms with Crippen LogP contribution in [0.25, 0.3) is 28.3 Å². The molecule has 1 fully saturated rings. The lowest BCUT2D eigenvalue weighted by Crippen LogP contribution is -2.47. The molecule has 0 bridgehead atoms. The maximum atomic E-state index is 6.20. The Morgan fingerprint density at radius 1 is 0.970 bits per heavy atom. The predicted octanol–water partition coefficient (Wildman–Crippen LogP) is 2.45.